The molecule has 1 N–H and O–H groups in total. The van der Waals surface area contributed by atoms with E-state index in [4.69, 9.17) is 9.47 Å². The molecule has 0 bridgehead atoms. The van der Waals surface area contributed by atoms with Crippen LogP contribution in [0.15, 0.2) is 47.1 Å². The van der Waals surface area contributed by atoms with Crippen LogP contribution in [-0.4, -0.2) is 36.5 Å². The standard InChI is InChI=1S/C21H21BrFN3O3/c1-13-15(12-25-26(13)18-7-5-4-6-17(18)23)21(27)24-9-8-14-10-19(28-2)20(29-3)11-16(14)22/h4-7,10-12H,8-9H2,1-3H3,(H,24,27). The van der Waals surface area contributed by atoms with E-state index in [2.05, 4.69) is 26.3 Å². The monoisotopic (exact) mass is 461 g/mol. The zero-order valence-electron chi connectivity index (χ0n) is 16.3. The lowest BCUT2D eigenvalue weighted by Gasteiger charge is -2.12. The molecule has 0 atom stereocenters. The molecule has 1 heterocycles. The molecular formula is C21H21BrFN3O3. The van der Waals surface area contributed by atoms with Gasteiger partial charge in [0.2, 0.25) is 0 Å². The van der Waals surface area contributed by atoms with Crippen LogP contribution in [0.3, 0.4) is 0 Å². The first kappa shape index (κ1) is 20.9. The zero-order chi connectivity index (χ0) is 21.0. The third-order valence-corrected chi connectivity index (χ3v) is 5.31. The van der Waals surface area contributed by atoms with Gasteiger partial charge in [0.15, 0.2) is 11.5 Å². The van der Waals surface area contributed by atoms with Crippen LogP contribution in [0.25, 0.3) is 5.69 Å². The van der Waals surface area contributed by atoms with E-state index in [0.29, 0.717) is 41.4 Å². The average Bonchev–Trinajstić information content (AvgIpc) is 3.10. The number of carbonyl (C=O) groups is 1. The predicted molar refractivity (Wildman–Crippen MR) is 112 cm³/mol. The lowest BCUT2D eigenvalue weighted by molar-refractivity contribution is 0.0953. The molecule has 0 aliphatic carbocycles. The number of carbonyl (C=O) groups excluding carboxylic acids is 1. The van der Waals surface area contributed by atoms with Crippen LogP contribution in [0.5, 0.6) is 11.5 Å². The van der Waals surface area contributed by atoms with Crippen molar-refractivity contribution in [3.63, 3.8) is 0 Å². The molecule has 152 valence electrons. The lowest BCUT2D eigenvalue weighted by Crippen LogP contribution is -2.26. The second-order valence-electron chi connectivity index (χ2n) is 6.31. The summed E-state index contributed by atoms with van der Waals surface area (Å²) in [5, 5.41) is 7.05. The minimum Gasteiger partial charge on any atom is -0.493 e. The zero-order valence-corrected chi connectivity index (χ0v) is 17.9. The Labute approximate surface area is 176 Å². The van der Waals surface area contributed by atoms with Crippen LogP contribution in [0.4, 0.5) is 4.39 Å². The average molecular weight is 462 g/mol. The smallest absolute Gasteiger partial charge is 0.254 e. The number of para-hydroxylation sites is 1. The van der Waals surface area contributed by atoms with Crippen LogP contribution in [-0.2, 0) is 6.42 Å². The maximum Gasteiger partial charge on any atom is 0.254 e. The van der Waals surface area contributed by atoms with Crippen molar-refractivity contribution < 1.29 is 18.7 Å². The molecule has 0 saturated heterocycles. The number of methoxy groups -OCH3 is 2. The minimum absolute atomic E-state index is 0.262. The molecule has 3 rings (SSSR count). The molecule has 1 aromatic heterocycles. The van der Waals surface area contributed by atoms with E-state index in [-0.39, 0.29) is 5.91 Å². The van der Waals surface area contributed by atoms with Gasteiger partial charge in [-0.15, -0.1) is 0 Å². The van der Waals surface area contributed by atoms with Crippen molar-refractivity contribution in [3.8, 4) is 17.2 Å². The van der Waals surface area contributed by atoms with Gasteiger partial charge in [0.1, 0.15) is 11.5 Å². The molecule has 0 radical (unpaired) electrons. The van der Waals surface area contributed by atoms with Gasteiger partial charge in [-0.2, -0.15) is 5.10 Å². The van der Waals surface area contributed by atoms with E-state index < -0.39 is 5.82 Å². The topological polar surface area (TPSA) is 65.4 Å². The SMILES string of the molecule is COc1cc(Br)c(CCNC(=O)c2cnn(-c3ccccc3F)c2C)cc1OC. The number of amides is 1. The van der Waals surface area contributed by atoms with Crippen molar-refractivity contribution in [2.45, 2.75) is 13.3 Å². The number of hydrogen-bond acceptors (Lipinski definition) is 4. The fourth-order valence-electron chi connectivity index (χ4n) is 2.99. The highest BCUT2D eigenvalue weighted by Gasteiger charge is 2.17. The number of aromatic nitrogens is 2. The van der Waals surface area contributed by atoms with E-state index in [1.807, 2.05) is 12.1 Å². The molecule has 2 aromatic carbocycles. The molecule has 0 saturated carbocycles. The van der Waals surface area contributed by atoms with Gasteiger partial charge >= 0.3 is 0 Å². The number of rotatable bonds is 7. The van der Waals surface area contributed by atoms with Crippen LogP contribution in [0.2, 0.25) is 0 Å². The Morgan fingerprint density at radius 2 is 1.90 bits per heavy atom. The molecule has 0 fully saturated rings. The highest BCUT2D eigenvalue weighted by atomic mass is 79.9. The lowest BCUT2D eigenvalue weighted by atomic mass is 10.1. The third-order valence-electron chi connectivity index (χ3n) is 4.57. The summed E-state index contributed by atoms with van der Waals surface area (Å²) in [6, 6.07) is 10.0. The maximum atomic E-state index is 14.0. The molecular weight excluding hydrogens is 441 g/mol. The molecule has 0 aliphatic heterocycles. The van der Waals surface area contributed by atoms with E-state index in [0.717, 1.165) is 10.0 Å². The highest BCUT2D eigenvalue weighted by Crippen LogP contribution is 2.33. The van der Waals surface area contributed by atoms with Gasteiger partial charge in [-0.05, 0) is 43.2 Å². The van der Waals surface area contributed by atoms with E-state index in [1.165, 1.54) is 16.9 Å². The predicted octanol–water partition coefficient (Wildman–Crippen LogP) is 4.07. The van der Waals surface area contributed by atoms with Crippen LogP contribution >= 0.6 is 15.9 Å². The van der Waals surface area contributed by atoms with Gasteiger partial charge in [-0.3, -0.25) is 4.79 Å². The first-order valence-corrected chi connectivity index (χ1v) is 9.73. The first-order valence-electron chi connectivity index (χ1n) is 8.94. The Balaban J connectivity index is 1.69. The van der Waals surface area contributed by atoms with Gasteiger partial charge < -0.3 is 14.8 Å². The van der Waals surface area contributed by atoms with Gasteiger partial charge in [0, 0.05) is 11.0 Å². The molecule has 6 nitrogen and oxygen atoms in total. The van der Waals surface area contributed by atoms with Crippen molar-refractivity contribution in [2.24, 2.45) is 0 Å². The van der Waals surface area contributed by atoms with Crippen molar-refractivity contribution in [3.05, 3.63) is 69.7 Å². The summed E-state index contributed by atoms with van der Waals surface area (Å²) in [5.41, 5.74) is 2.25. The van der Waals surface area contributed by atoms with E-state index in [9.17, 15) is 9.18 Å². The summed E-state index contributed by atoms with van der Waals surface area (Å²) in [6.45, 7) is 2.15. The van der Waals surface area contributed by atoms with Crippen molar-refractivity contribution in [2.75, 3.05) is 20.8 Å². The van der Waals surface area contributed by atoms with Crippen molar-refractivity contribution in [1.29, 1.82) is 0 Å². The van der Waals surface area contributed by atoms with Crippen LogP contribution in [0, 0.1) is 12.7 Å². The Morgan fingerprint density at radius 3 is 2.59 bits per heavy atom. The van der Waals surface area contributed by atoms with Crippen LogP contribution < -0.4 is 14.8 Å². The number of nitrogens with one attached hydrogen (secondary N) is 1. The maximum absolute atomic E-state index is 14.0. The summed E-state index contributed by atoms with van der Waals surface area (Å²) in [5.74, 6) is 0.591. The summed E-state index contributed by atoms with van der Waals surface area (Å²) >= 11 is 3.51. The first-order chi connectivity index (χ1) is 14.0. The van der Waals surface area contributed by atoms with Crippen LogP contribution in [0.1, 0.15) is 21.6 Å². The van der Waals surface area contributed by atoms with Gasteiger partial charge in [0.05, 0.1) is 31.7 Å². The van der Waals surface area contributed by atoms with E-state index >= 15 is 0 Å². The highest BCUT2D eigenvalue weighted by molar-refractivity contribution is 9.10. The molecule has 0 unspecified atom stereocenters. The van der Waals surface area contributed by atoms with Crippen molar-refractivity contribution in [1.82, 2.24) is 15.1 Å². The Kier molecular flexibility index (Phi) is 6.53. The summed E-state index contributed by atoms with van der Waals surface area (Å²) < 4.78 is 26.9. The number of benzene rings is 2. The summed E-state index contributed by atoms with van der Waals surface area (Å²) in [6.07, 6.45) is 2.04. The van der Waals surface area contributed by atoms with E-state index in [1.54, 1.807) is 39.3 Å². The molecule has 29 heavy (non-hydrogen) atoms. The fraction of sp³-hybridized carbons (Fsp3) is 0.238. The minimum atomic E-state index is -0.399. The molecule has 1 amide bonds. The largest absolute Gasteiger partial charge is 0.493 e. The number of ether oxygens (including phenoxy) is 2. The molecule has 8 heteroatoms. The second-order valence-corrected chi connectivity index (χ2v) is 7.17. The number of hydrogen-bond donors (Lipinski definition) is 1. The Bertz CT molecular complexity index is 1040. The van der Waals surface area contributed by atoms with Gasteiger partial charge in [0.25, 0.3) is 5.91 Å². The number of nitrogens with zero attached hydrogens (tertiary/aromatic N) is 2. The third kappa shape index (κ3) is 4.42. The summed E-state index contributed by atoms with van der Waals surface area (Å²) in [7, 11) is 3.15. The Morgan fingerprint density at radius 1 is 1.21 bits per heavy atom. The molecule has 3 aromatic rings. The molecule has 0 aliphatic rings. The summed E-state index contributed by atoms with van der Waals surface area (Å²) in [4.78, 5) is 12.6. The molecule has 0 spiro atoms. The quantitative estimate of drug-likeness (QED) is 0.575. The second kappa shape index (κ2) is 9.09. The Hall–Kier alpha value is -2.87. The van der Waals surface area contributed by atoms with Crippen molar-refractivity contribution >= 4 is 21.8 Å². The number of halogens is 2. The van der Waals surface area contributed by atoms with Gasteiger partial charge in [-0.25, -0.2) is 9.07 Å². The van der Waals surface area contributed by atoms with Gasteiger partial charge in [-0.1, -0.05) is 28.1 Å². The fourth-order valence-corrected chi connectivity index (χ4v) is 3.51. The normalized spacial score (nSPS) is 10.7.